The van der Waals surface area contributed by atoms with Gasteiger partial charge in [0, 0.05) is 12.5 Å². The smallest absolute Gasteiger partial charge is 0.249 e. The van der Waals surface area contributed by atoms with Crippen molar-refractivity contribution in [1.82, 2.24) is 5.06 Å². The van der Waals surface area contributed by atoms with Gasteiger partial charge >= 0.3 is 0 Å². The SMILES string of the molecule is O=C1[C@H](CCO)[C@@H](c2ccccc2)CN1O. The molecule has 1 aliphatic heterocycles. The number of carbonyl (C=O) groups is 1. The molecule has 0 saturated carbocycles. The van der Waals surface area contributed by atoms with E-state index in [2.05, 4.69) is 0 Å². The number of aliphatic hydroxyl groups excluding tert-OH is 1. The summed E-state index contributed by atoms with van der Waals surface area (Å²) in [5, 5.41) is 19.1. The lowest BCUT2D eigenvalue weighted by molar-refractivity contribution is -0.160. The number of amides is 1. The predicted molar refractivity (Wildman–Crippen MR) is 57.9 cm³/mol. The van der Waals surface area contributed by atoms with Crippen LogP contribution >= 0.6 is 0 Å². The van der Waals surface area contributed by atoms with Gasteiger partial charge in [0.05, 0.1) is 12.5 Å². The molecule has 1 aromatic rings. The normalized spacial score (nSPS) is 25.1. The third-order valence-corrected chi connectivity index (χ3v) is 3.09. The average molecular weight is 221 g/mol. The number of hydrogen-bond acceptors (Lipinski definition) is 3. The van der Waals surface area contributed by atoms with Gasteiger partial charge in [-0.1, -0.05) is 30.3 Å². The quantitative estimate of drug-likeness (QED) is 0.748. The van der Waals surface area contributed by atoms with Crippen molar-refractivity contribution in [3.63, 3.8) is 0 Å². The first-order valence-electron chi connectivity index (χ1n) is 5.40. The van der Waals surface area contributed by atoms with Crippen LogP contribution in [0.3, 0.4) is 0 Å². The van der Waals surface area contributed by atoms with Crippen LogP contribution in [0.4, 0.5) is 0 Å². The topological polar surface area (TPSA) is 60.8 Å². The minimum Gasteiger partial charge on any atom is -0.396 e. The van der Waals surface area contributed by atoms with Crippen molar-refractivity contribution < 1.29 is 15.1 Å². The van der Waals surface area contributed by atoms with Crippen LogP contribution in [0.5, 0.6) is 0 Å². The molecule has 86 valence electrons. The van der Waals surface area contributed by atoms with E-state index in [1.807, 2.05) is 30.3 Å². The Kier molecular flexibility index (Phi) is 3.22. The Bertz CT molecular complexity index is 366. The molecule has 1 heterocycles. The largest absolute Gasteiger partial charge is 0.396 e. The summed E-state index contributed by atoms with van der Waals surface area (Å²) in [5.74, 6) is -0.619. The number of hydroxylamine groups is 2. The van der Waals surface area contributed by atoms with E-state index >= 15 is 0 Å². The molecule has 0 aliphatic carbocycles. The molecule has 0 aromatic heterocycles. The highest BCUT2D eigenvalue weighted by Gasteiger charge is 2.40. The molecular weight excluding hydrogens is 206 g/mol. The second-order valence-corrected chi connectivity index (χ2v) is 4.06. The van der Waals surface area contributed by atoms with Crippen molar-refractivity contribution in [2.45, 2.75) is 12.3 Å². The molecule has 0 unspecified atom stereocenters. The standard InChI is InChI=1S/C12H15NO3/c14-7-6-10-11(8-13(16)12(10)15)9-4-2-1-3-5-9/h1-5,10-11,14,16H,6-8H2/t10-,11-/m1/s1. The van der Waals surface area contributed by atoms with E-state index in [-0.39, 0.29) is 24.3 Å². The Morgan fingerprint density at radius 3 is 2.62 bits per heavy atom. The van der Waals surface area contributed by atoms with Crippen LogP contribution in [0.15, 0.2) is 30.3 Å². The van der Waals surface area contributed by atoms with Crippen molar-refractivity contribution in [3.8, 4) is 0 Å². The van der Waals surface area contributed by atoms with Crippen molar-refractivity contribution in [2.75, 3.05) is 13.2 Å². The second-order valence-electron chi connectivity index (χ2n) is 4.06. The minimum absolute atomic E-state index is 0.0224. The molecule has 0 bridgehead atoms. The molecule has 2 N–H and O–H groups in total. The zero-order valence-corrected chi connectivity index (χ0v) is 8.91. The van der Waals surface area contributed by atoms with E-state index < -0.39 is 0 Å². The van der Waals surface area contributed by atoms with Gasteiger partial charge < -0.3 is 5.11 Å². The molecular formula is C12H15NO3. The molecule has 4 heteroatoms. The Morgan fingerprint density at radius 1 is 1.31 bits per heavy atom. The van der Waals surface area contributed by atoms with E-state index in [4.69, 9.17) is 5.11 Å². The number of aliphatic hydroxyl groups is 1. The van der Waals surface area contributed by atoms with E-state index in [9.17, 15) is 10.0 Å². The van der Waals surface area contributed by atoms with E-state index in [1.165, 1.54) is 0 Å². The van der Waals surface area contributed by atoms with Crippen LogP contribution in [-0.2, 0) is 4.79 Å². The molecule has 16 heavy (non-hydrogen) atoms. The van der Waals surface area contributed by atoms with Gasteiger partial charge in [-0.05, 0) is 12.0 Å². The summed E-state index contributed by atoms with van der Waals surface area (Å²) in [6.07, 6.45) is 0.398. The maximum absolute atomic E-state index is 11.6. The van der Waals surface area contributed by atoms with Crippen LogP contribution < -0.4 is 0 Å². The summed E-state index contributed by atoms with van der Waals surface area (Å²) in [6, 6.07) is 9.63. The Morgan fingerprint density at radius 2 is 2.00 bits per heavy atom. The van der Waals surface area contributed by atoms with Gasteiger partial charge in [0.15, 0.2) is 0 Å². The van der Waals surface area contributed by atoms with Crippen LogP contribution in [0.25, 0.3) is 0 Å². The highest BCUT2D eigenvalue weighted by atomic mass is 16.5. The first-order valence-corrected chi connectivity index (χ1v) is 5.40. The molecule has 0 radical (unpaired) electrons. The molecule has 1 aromatic carbocycles. The lowest BCUT2D eigenvalue weighted by Gasteiger charge is -2.15. The van der Waals surface area contributed by atoms with Crippen LogP contribution in [0.1, 0.15) is 17.9 Å². The Labute approximate surface area is 94.1 Å². The lowest BCUT2D eigenvalue weighted by atomic mass is 9.87. The minimum atomic E-state index is -0.308. The molecule has 2 atom stereocenters. The van der Waals surface area contributed by atoms with Crippen LogP contribution in [-0.4, -0.2) is 34.4 Å². The number of rotatable bonds is 3. The van der Waals surface area contributed by atoms with Gasteiger partial charge in [-0.2, -0.15) is 0 Å². The maximum atomic E-state index is 11.6. The zero-order valence-electron chi connectivity index (χ0n) is 8.91. The van der Waals surface area contributed by atoms with Crippen molar-refractivity contribution in [1.29, 1.82) is 0 Å². The number of benzene rings is 1. The fourth-order valence-corrected chi connectivity index (χ4v) is 2.27. The van der Waals surface area contributed by atoms with Gasteiger partial charge in [-0.3, -0.25) is 10.0 Å². The fraction of sp³-hybridized carbons (Fsp3) is 0.417. The highest BCUT2D eigenvalue weighted by molar-refractivity contribution is 5.81. The molecule has 1 fully saturated rings. The van der Waals surface area contributed by atoms with Crippen molar-refractivity contribution in [3.05, 3.63) is 35.9 Å². The van der Waals surface area contributed by atoms with Crippen molar-refractivity contribution in [2.24, 2.45) is 5.92 Å². The Hall–Kier alpha value is -1.39. The number of hydrogen-bond donors (Lipinski definition) is 2. The second kappa shape index (κ2) is 4.63. The highest BCUT2D eigenvalue weighted by Crippen LogP contribution is 2.34. The first kappa shape index (κ1) is 11.1. The van der Waals surface area contributed by atoms with Gasteiger partial charge in [0.1, 0.15) is 0 Å². The monoisotopic (exact) mass is 221 g/mol. The average Bonchev–Trinajstić information content (AvgIpc) is 2.59. The third-order valence-electron chi connectivity index (χ3n) is 3.09. The molecule has 0 spiro atoms. The molecule has 2 rings (SSSR count). The molecule has 4 nitrogen and oxygen atoms in total. The predicted octanol–water partition coefficient (Wildman–Crippen LogP) is 1.00. The Balaban J connectivity index is 2.23. The first-order chi connectivity index (χ1) is 7.74. The zero-order chi connectivity index (χ0) is 11.5. The summed E-state index contributed by atoms with van der Waals surface area (Å²) in [7, 11) is 0. The van der Waals surface area contributed by atoms with E-state index in [0.29, 0.717) is 13.0 Å². The third kappa shape index (κ3) is 1.94. The molecule has 1 amide bonds. The summed E-state index contributed by atoms with van der Waals surface area (Å²) >= 11 is 0. The van der Waals surface area contributed by atoms with Crippen LogP contribution in [0, 0.1) is 5.92 Å². The number of carbonyl (C=O) groups excluding carboxylic acids is 1. The van der Waals surface area contributed by atoms with Gasteiger partial charge in [0.25, 0.3) is 0 Å². The van der Waals surface area contributed by atoms with Gasteiger partial charge in [-0.25, -0.2) is 5.06 Å². The number of nitrogens with zero attached hydrogens (tertiary/aromatic N) is 1. The summed E-state index contributed by atoms with van der Waals surface area (Å²) in [6.45, 7) is 0.279. The van der Waals surface area contributed by atoms with Crippen molar-refractivity contribution >= 4 is 5.91 Å². The van der Waals surface area contributed by atoms with Crippen LogP contribution in [0.2, 0.25) is 0 Å². The summed E-state index contributed by atoms with van der Waals surface area (Å²) in [4.78, 5) is 11.6. The van der Waals surface area contributed by atoms with Gasteiger partial charge in [-0.15, -0.1) is 0 Å². The molecule has 1 saturated heterocycles. The summed E-state index contributed by atoms with van der Waals surface area (Å²) < 4.78 is 0. The fourth-order valence-electron chi connectivity index (χ4n) is 2.27. The summed E-state index contributed by atoms with van der Waals surface area (Å²) in [5.41, 5.74) is 1.03. The molecule has 1 aliphatic rings. The lowest BCUT2D eigenvalue weighted by Crippen LogP contribution is -2.23. The van der Waals surface area contributed by atoms with E-state index in [1.54, 1.807) is 0 Å². The van der Waals surface area contributed by atoms with E-state index in [0.717, 1.165) is 10.6 Å². The van der Waals surface area contributed by atoms with Gasteiger partial charge in [0.2, 0.25) is 5.91 Å². The maximum Gasteiger partial charge on any atom is 0.249 e.